The quantitative estimate of drug-likeness (QED) is 0.887. The number of hydrogen-bond acceptors (Lipinski definition) is 2. The van der Waals surface area contributed by atoms with E-state index in [2.05, 4.69) is 38.2 Å². The van der Waals surface area contributed by atoms with Crippen molar-refractivity contribution < 1.29 is 4.74 Å². The van der Waals surface area contributed by atoms with Crippen LogP contribution < -0.4 is 10.1 Å². The van der Waals surface area contributed by atoms with E-state index in [1.807, 2.05) is 37.4 Å². The lowest BCUT2D eigenvalue weighted by molar-refractivity contribution is 0.272. The highest BCUT2D eigenvalue weighted by Gasteiger charge is 2.13. The Morgan fingerprint density at radius 2 is 1.60 bits per heavy atom. The molecular formula is C18H23NO. The SMILES string of the molecule is CNC(COc1ccccc1)c1cc(C)c(C)cc1C. The highest BCUT2D eigenvalue weighted by molar-refractivity contribution is 5.38. The fourth-order valence-corrected chi connectivity index (χ4v) is 2.38. The zero-order valence-corrected chi connectivity index (χ0v) is 12.7. The van der Waals surface area contributed by atoms with Crippen LogP contribution in [0.15, 0.2) is 42.5 Å². The third-order valence-electron chi connectivity index (χ3n) is 3.77. The Bertz CT molecular complexity index is 563. The van der Waals surface area contributed by atoms with Crippen LogP contribution in [0.5, 0.6) is 5.75 Å². The molecule has 106 valence electrons. The molecule has 0 amide bonds. The average Bonchev–Trinajstić information content (AvgIpc) is 2.46. The summed E-state index contributed by atoms with van der Waals surface area (Å²) < 4.78 is 5.88. The average molecular weight is 269 g/mol. The Hall–Kier alpha value is -1.80. The molecule has 0 radical (unpaired) electrons. The Labute approximate surface area is 121 Å². The van der Waals surface area contributed by atoms with E-state index < -0.39 is 0 Å². The van der Waals surface area contributed by atoms with Gasteiger partial charge in [0.15, 0.2) is 0 Å². The molecule has 0 saturated carbocycles. The highest BCUT2D eigenvalue weighted by Crippen LogP contribution is 2.22. The first-order valence-corrected chi connectivity index (χ1v) is 7.04. The molecule has 0 aliphatic carbocycles. The number of hydrogen-bond donors (Lipinski definition) is 1. The number of aryl methyl sites for hydroxylation is 3. The number of likely N-dealkylation sites (N-methyl/N-ethyl adjacent to an activating group) is 1. The molecule has 2 aromatic carbocycles. The zero-order chi connectivity index (χ0) is 14.5. The number of ether oxygens (including phenoxy) is 1. The second-order valence-electron chi connectivity index (χ2n) is 5.26. The zero-order valence-electron chi connectivity index (χ0n) is 12.7. The summed E-state index contributed by atoms with van der Waals surface area (Å²) in [7, 11) is 1.98. The van der Waals surface area contributed by atoms with Gasteiger partial charge in [-0.1, -0.05) is 30.3 Å². The molecule has 20 heavy (non-hydrogen) atoms. The van der Waals surface area contributed by atoms with Crippen molar-refractivity contribution in [3.63, 3.8) is 0 Å². The molecule has 0 spiro atoms. The van der Waals surface area contributed by atoms with Gasteiger partial charge in [-0.05, 0) is 62.2 Å². The molecule has 0 fully saturated rings. The topological polar surface area (TPSA) is 21.3 Å². The van der Waals surface area contributed by atoms with Crippen molar-refractivity contribution in [2.45, 2.75) is 26.8 Å². The van der Waals surface area contributed by atoms with Crippen molar-refractivity contribution in [2.75, 3.05) is 13.7 Å². The third-order valence-corrected chi connectivity index (χ3v) is 3.77. The smallest absolute Gasteiger partial charge is 0.119 e. The normalized spacial score (nSPS) is 12.2. The fraction of sp³-hybridized carbons (Fsp3) is 0.333. The fourth-order valence-electron chi connectivity index (χ4n) is 2.38. The largest absolute Gasteiger partial charge is 0.492 e. The molecular weight excluding hydrogens is 246 g/mol. The number of benzene rings is 2. The molecule has 0 saturated heterocycles. The summed E-state index contributed by atoms with van der Waals surface area (Å²) >= 11 is 0. The molecule has 1 atom stereocenters. The van der Waals surface area contributed by atoms with Crippen LogP contribution in [0.1, 0.15) is 28.3 Å². The van der Waals surface area contributed by atoms with E-state index in [0.717, 1.165) is 5.75 Å². The van der Waals surface area contributed by atoms with E-state index >= 15 is 0 Å². The van der Waals surface area contributed by atoms with Gasteiger partial charge in [0.25, 0.3) is 0 Å². The van der Waals surface area contributed by atoms with Gasteiger partial charge in [-0.3, -0.25) is 0 Å². The minimum absolute atomic E-state index is 0.203. The molecule has 2 nitrogen and oxygen atoms in total. The highest BCUT2D eigenvalue weighted by atomic mass is 16.5. The molecule has 2 rings (SSSR count). The molecule has 0 aliphatic rings. The minimum atomic E-state index is 0.203. The van der Waals surface area contributed by atoms with E-state index in [4.69, 9.17) is 4.74 Å². The van der Waals surface area contributed by atoms with Gasteiger partial charge >= 0.3 is 0 Å². The summed E-state index contributed by atoms with van der Waals surface area (Å²) in [4.78, 5) is 0. The molecule has 1 unspecified atom stereocenters. The number of para-hydroxylation sites is 1. The molecule has 0 aromatic heterocycles. The van der Waals surface area contributed by atoms with Gasteiger partial charge in [0.2, 0.25) is 0 Å². The molecule has 2 aromatic rings. The van der Waals surface area contributed by atoms with E-state index in [-0.39, 0.29) is 6.04 Å². The first kappa shape index (κ1) is 14.6. The molecule has 1 N–H and O–H groups in total. The first-order valence-electron chi connectivity index (χ1n) is 7.04. The van der Waals surface area contributed by atoms with Gasteiger partial charge in [-0.25, -0.2) is 0 Å². The Balaban J connectivity index is 2.14. The van der Waals surface area contributed by atoms with Crippen LogP contribution >= 0.6 is 0 Å². The van der Waals surface area contributed by atoms with Crippen molar-refractivity contribution >= 4 is 0 Å². The summed E-state index contributed by atoms with van der Waals surface area (Å²) in [6.45, 7) is 7.10. The van der Waals surface area contributed by atoms with Crippen LogP contribution in [0.3, 0.4) is 0 Å². The Morgan fingerprint density at radius 3 is 2.25 bits per heavy atom. The van der Waals surface area contributed by atoms with E-state index in [1.54, 1.807) is 0 Å². The lowest BCUT2D eigenvalue weighted by Crippen LogP contribution is -2.24. The van der Waals surface area contributed by atoms with Crippen molar-refractivity contribution in [1.29, 1.82) is 0 Å². The van der Waals surface area contributed by atoms with Crippen molar-refractivity contribution in [3.05, 3.63) is 64.7 Å². The molecule has 0 heterocycles. The van der Waals surface area contributed by atoms with E-state index in [9.17, 15) is 0 Å². The van der Waals surface area contributed by atoms with Crippen LogP contribution in [0.2, 0.25) is 0 Å². The monoisotopic (exact) mass is 269 g/mol. The van der Waals surface area contributed by atoms with Crippen LogP contribution in [0, 0.1) is 20.8 Å². The Morgan fingerprint density at radius 1 is 0.950 bits per heavy atom. The van der Waals surface area contributed by atoms with Crippen LogP contribution in [-0.4, -0.2) is 13.7 Å². The van der Waals surface area contributed by atoms with E-state index in [1.165, 1.54) is 22.3 Å². The number of rotatable bonds is 5. The van der Waals surface area contributed by atoms with Gasteiger partial charge < -0.3 is 10.1 Å². The molecule has 0 aliphatic heterocycles. The van der Waals surface area contributed by atoms with Crippen LogP contribution in [0.4, 0.5) is 0 Å². The molecule has 0 bridgehead atoms. The standard InChI is InChI=1S/C18H23NO/c1-13-10-15(3)17(11-14(13)2)18(19-4)12-20-16-8-6-5-7-9-16/h5-11,18-19H,12H2,1-4H3. The van der Waals surface area contributed by atoms with Crippen LogP contribution in [-0.2, 0) is 0 Å². The van der Waals surface area contributed by atoms with E-state index in [0.29, 0.717) is 6.61 Å². The van der Waals surface area contributed by atoms with Gasteiger partial charge in [-0.2, -0.15) is 0 Å². The maximum Gasteiger partial charge on any atom is 0.119 e. The van der Waals surface area contributed by atoms with Gasteiger partial charge in [-0.15, -0.1) is 0 Å². The van der Waals surface area contributed by atoms with Crippen molar-refractivity contribution in [2.24, 2.45) is 0 Å². The summed E-state index contributed by atoms with van der Waals surface area (Å²) in [6.07, 6.45) is 0. The summed E-state index contributed by atoms with van der Waals surface area (Å²) in [5, 5.41) is 3.35. The van der Waals surface area contributed by atoms with Crippen LogP contribution in [0.25, 0.3) is 0 Å². The summed E-state index contributed by atoms with van der Waals surface area (Å²) in [6, 6.07) is 14.7. The maximum absolute atomic E-state index is 5.88. The van der Waals surface area contributed by atoms with Crippen molar-refractivity contribution in [1.82, 2.24) is 5.32 Å². The van der Waals surface area contributed by atoms with Crippen molar-refractivity contribution in [3.8, 4) is 5.75 Å². The summed E-state index contributed by atoms with van der Waals surface area (Å²) in [5.74, 6) is 0.911. The first-order chi connectivity index (χ1) is 9.61. The predicted octanol–water partition coefficient (Wildman–Crippen LogP) is 3.95. The lowest BCUT2D eigenvalue weighted by Gasteiger charge is -2.21. The number of nitrogens with one attached hydrogen (secondary N) is 1. The maximum atomic E-state index is 5.88. The molecule has 2 heteroatoms. The third kappa shape index (κ3) is 3.40. The second kappa shape index (κ2) is 6.58. The van der Waals surface area contributed by atoms with Gasteiger partial charge in [0, 0.05) is 0 Å². The second-order valence-corrected chi connectivity index (χ2v) is 5.26. The lowest BCUT2D eigenvalue weighted by atomic mass is 9.96. The minimum Gasteiger partial charge on any atom is -0.492 e. The van der Waals surface area contributed by atoms with Gasteiger partial charge in [0.05, 0.1) is 6.04 Å². The predicted molar refractivity (Wildman–Crippen MR) is 84.4 cm³/mol. The van der Waals surface area contributed by atoms with Gasteiger partial charge in [0.1, 0.15) is 12.4 Å². The summed E-state index contributed by atoms with van der Waals surface area (Å²) in [5.41, 5.74) is 5.28. The Kier molecular flexibility index (Phi) is 4.80.